The molecule has 3 N–H and O–H groups in total. The van der Waals surface area contributed by atoms with Crippen LogP contribution in [0.3, 0.4) is 0 Å². The summed E-state index contributed by atoms with van der Waals surface area (Å²) >= 11 is 0. The Hall–Kier alpha value is -2.71. The van der Waals surface area contributed by atoms with Crippen LogP contribution in [0.2, 0.25) is 0 Å². The number of hydrogen-bond acceptors (Lipinski definition) is 5. The highest BCUT2D eigenvalue weighted by Gasteiger charge is 2.22. The van der Waals surface area contributed by atoms with Crippen molar-refractivity contribution in [1.82, 2.24) is 0 Å². The Morgan fingerprint density at radius 1 is 1.07 bits per heavy atom. The Morgan fingerprint density at radius 2 is 1.63 bits per heavy atom. The third-order valence-corrected chi connectivity index (χ3v) is 5.87. The quantitative estimate of drug-likeness (QED) is 0.702. The molecular weight excluding hydrogens is 404 g/mol. The second kappa shape index (κ2) is 8.57. The lowest BCUT2D eigenvalue weighted by molar-refractivity contribution is -0.123. The molecule has 7 nitrogen and oxygen atoms in total. The summed E-state index contributed by atoms with van der Waals surface area (Å²) in [5, 5.41) is 7.93. The number of rotatable bonds is 5. The van der Waals surface area contributed by atoms with Gasteiger partial charge in [-0.25, -0.2) is 18.4 Å². The lowest BCUT2D eigenvalue weighted by Crippen LogP contribution is -2.30. The fourth-order valence-corrected chi connectivity index (χ4v) is 3.70. The predicted molar refractivity (Wildman–Crippen MR) is 116 cm³/mol. The lowest BCUT2D eigenvalue weighted by atomic mass is 9.87. The molecule has 2 aromatic carbocycles. The second-order valence-corrected chi connectivity index (χ2v) is 9.86. The number of amides is 1. The number of nitrogens with two attached hydrogens (primary N) is 1. The fourth-order valence-electron chi connectivity index (χ4n) is 2.82. The van der Waals surface area contributed by atoms with Crippen LogP contribution in [0.1, 0.15) is 54.7 Å². The normalized spacial score (nSPS) is 12.9. The van der Waals surface area contributed by atoms with Gasteiger partial charge in [0.05, 0.1) is 10.5 Å². The number of esters is 1. The molecule has 1 atom stereocenters. The Morgan fingerprint density at radius 3 is 2.13 bits per heavy atom. The van der Waals surface area contributed by atoms with Crippen molar-refractivity contribution in [2.75, 3.05) is 5.32 Å². The van der Waals surface area contributed by atoms with Crippen molar-refractivity contribution < 1.29 is 22.7 Å². The monoisotopic (exact) mass is 432 g/mol. The van der Waals surface area contributed by atoms with Crippen LogP contribution >= 0.6 is 0 Å². The van der Waals surface area contributed by atoms with Crippen LogP contribution in [0.25, 0.3) is 0 Å². The number of ether oxygens (including phenoxy) is 1. The molecule has 1 unspecified atom stereocenters. The molecule has 8 heteroatoms. The minimum atomic E-state index is -4.00. The van der Waals surface area contributed by atoms with E-state index in [0.29, 0.717) is 16.8 Å². The van der Waals surface area contributed by atoms with Gasteiger partial charge in [0.1, 0.15) is 0 Å². The van der Waals surface area contributed by atoms with Gasteiger partial charge >= 0.3 is 5.97 Å². The van der Waals surface area contributed by atoms with E-state index >= 15 is 0 Å². The summed E-state index contributed by atoms with van der Waals surface area (Å²) in [6.07, 6.45) is -1.08. The summed E-state index contributed by atoms with van der Waals surface area (Å²) in [7, 11) is -4.00. The van der Waals surface area contributed by atoms with E-state index in [0.717, 1.165) is 11.6 Å². The Kier molecular flexibility index (Phi) is 6.73. The van der Waals surface area contributed by atoms with Crippen molar-refractivity contribution >= 4 is 27.6 Å². The summed E-state index contributed by atoms with van der Waals surface area (Å²) in [5.74, 6) is -1.31. The van der Waals surface area contributed by atoms with Gasteiger partial charge in [0, 0.05) is 5.69 Å². The zero-order valence-corrected chi connectivity index (χ0v) is 18.9. The molecule has 1 amide bonds. The van der Waals surface area contributed by atoms with E-state index in [4.69, 9.17) is 9.88 Å². The average molecular weight is 433 g/mol. The van der Waals surface area contributed by atoms with Crippen LogP contribution in [-0.2, 0) is 25.0 Å². The van der Waals surface area contributed by atoms with Crippen LogP contribution in [0.4, 0.5) is 5.69 Å². The molecule has 0 aliphatic heterocycles. The number of anilines is 1. The molecule has 2 aromatic rings. The van der Waals surface area contributed by atoms with Crippen LogP contribution in [0, 0.1) is 13.8 Å². The summed E-state index contributed by atoms with van der Waals surface area (Å²) in [6.45, 7) is 11.0. The van der Waals surface area contributed by atoms with E-state index in [-0.39, 0.29) is 15.9 Å². The van der Waals surface area contributed by atoms with Gasteiger partial charge in [0.25, 0.3) is 5.91 Å². The maximum absolute atomic E-state index is 12.5. The van der Waals surface area contributed by atoms with Crippen molar-refractivity contribution in [2.24, 2.45) is 5.14 Å². The predicted octanol–water partition coefficient (Wildman–Crippen LogP) is 3.43. The largest absolute Gasteiger partial charge is 0.449 e. The topological polar surface area (TPSA) is 116 Å². The number of benzene rings is 2. The molecule has 0 radical (unpaired) electrons. The third kappa shape index (κ3) is 5.67. The molecule has 0 bridgehead atoms. The van der Waals surface area contributed by atoms with Gasteiger partial charge in [-0.3, -0.25) is 4.79 Å². The number of carbonyl (C=O) groups is 2. The van der Waals surface area contributed by atoms with Gasteiger partial charge in [-0.15, -0.1) is 0 Å². The fraction of sp³-hybridized carbons (Fsp3) is 0.364. The number of carbonyl (C=O) groups excluding carboxylic acids is 2. The highest BCUT2D eigenvalue weighted by molar-refractivity contribution is 7.89. The van der Waals surface area contributed by atoms with Crippen LogP contribution in [0.15, 0.2) is 41.3 Å². The molecule has 2 rings (SSSR count). The van der Waals surface area contributed by atoms with Crippen LogP contribution in [-0.4, -0.2) is 26.4 Å². The summed E-state index contributed by atoms with van der Waals surface area (Å²) in [5.41, 5.74) is 2.74. The molecule has 0 spiro atoms. The summed E-state index contributed by atoms with van der Waals surface area (Å²) in [4.78, 5) is 24.7. The molecule has 0 heterocycles. The first-order valence-electron chi connectivity index (χ1n) is 9.46. The number of aryl methyl sites for hydroxylation is 1. The molecular formula is C22H28N2O5S. The molecule has 0 saturated heterocycles. The van der Waals surface area contributed by atoms with E-state index in [2.05, 4.69) is 26.1 Å². The van der Waals surface area contributed by atoms with Gasteiger partial charge in [-0.2, -0.15) is 0 Å². The zero-order valence-electron chi connectivity index (χ0n) is 18.1. The number of hydrogen-bond donors (Lipinski definition) is 2. The van der Waals surface area contributed by atoms with E-state index in [1.165, 1.54) is 13.0 Å². The van der Waals surface area contributed by atoms with Gasteiger partial charge in [-0.1, -0.05) is 32.9 Å². The highest BCUT2D eigenvalue weighted by Crippen LogP contribution is 2.24. The summed E-state index contributed by atoms with van der Waals surface area (Å²) in [6, 6.07) is 10.1. The first-order chi connectivity index (χ1) is 13.7. The first kappa shape index (κ1) is 23.6. The van der Waals surface area contributed by atoms with E-state index in [1.807, 2.05) is 12.1 Å². The zero-order chi connectivity index (χ0) is 22.9. The van der Waals surface area contributed by atoms with Gasteiger partial charge < -0.3 is 10.1 Å². The molecule has 30 heavy (non-hydrogen) atoms. The minimum Gasteiger partial charge on any atom is -0.449 e. The van der Waals surface area contributed by atoms with Gasteiger partial charge in [0.2, 0.25) is 10.0 Å². The van der Waals surface area contributed by atoms with E-state index in [1.54, 1.807) is 26.0 Å². The number of primary sulfonamides is 1. The van der Waals surface area contributed by atoms with Gasteiger partial charge in [-0.05, 0) is 67.1 Å². The van der Waals surface area contributed by atoms with Crippen molar-refractivity contribution in [1.29, 1.82) is 0 Å². The van der Waals surface area contributed by atoms with Crippen molar-refractivity contribution in [3.8, 4) is 0 Å². The van der Waals surface area contributed by atoms with Crippen molar-refractivity contribution in [3.63, 3.8) is 0 Å². The number of sulfonamides is 1. The van der Waals surface area contributed by atoms with Crippen LogP contribution in [0.5, 0.6) is 0 Å². The summed E-state index contributed by atoms with van der Waals surface area (Å²) < 4.78 is 28.7. The van der Waals surface area contributed by atoms with Crippen molar-refractivity contribution in [3.05, 3.63) is 58.7 Å². The van der Waals surface area contributed by atoms with Crippen LogP contribution < -0.4 is 10.5 Å². The van der Waals surface area contributed by atoms with E-state index < -0.39 is 28.0 Å². The van der Waals surface area contributed by atoms with Crippen molar-refractivity contribution in [2.45, 2.75) is 58.0 Å². The lowest BCUT2D eigenvalue weighted by Gasteiger charge is -2.19. The first-order valence-corrected chi connectivity index (χ1v) is 11.0. The molecule has 0 aliphatic carbocycles. The minimum absolute atomic E-state index is 0.00656. The van der Waals surface area contributed by atoms with Gasteiger partial charge in [0.15, 0.2) is 6.10 Å². The molecule has 162 valence electrons. The van der Waals surface area contributed by atoms with E-state index in [9.17, 15) is 18.0 Å². The Balaban J connectivity index is 2.12. The average Bonchev–Trinajstić information content (AvgIpc) is 2.62. The third-order valence-electron chi connectivity index (χ3n) is 4.83. The maximum Gasteiger partial charge on any atom is 0.338 e. The Labute approximate surface area is 177 Å². The highest BCUT2D eigenvalue weighted by atomic mass is 32.2. The maximum atomic E-state index is 12.5. The Bertz CT molecular complexity index is 1070. The molecule has 0 aromatic heterocycles. The number of nitrogens with one attached hydrogen (secondary N) is 1. The smallest absolute Gasteiger partial charge is 0.338 e. The molecule has 0 aliphatic rings. The second-order valence-electron chi connectivity index (χ2n) is 8.33. The molecule has 0 saturated carbocycles. The SMILES string of the molecule is Cc1cc(C(=O)OC(C)C(=O)Nc2ccc(C(C)(C)C)cc2)cc(S(N)(=O)=O)c1C. The molecule has 0 fully saturated rings. The standard InChI is InChI=1S/C22H28N2O5S/c1-13-11-16(12-19(14(13)2)30(23,27)28)21(26)29-15(3)20(25)24-18-9-7-17(8-10-18)22(4,5)6/h7-12,15H,1-6H3,(H,24,25)(H2,23,27,28).